The standard InChI is InChI=1S/C9H18N2O3/c10-4-2-1-3-7(9(13)14)5-8(12)6-11/h7H,1-6,10-11H2,(H,13,14). The third-order valence-electron chi connectivity index (χ3n) is 2.06. The van der Waals surface area contributed by atoms with Gasteiger partial charge in [0.15, 0.2) is 0 Å². The smallest absolute Gasteiger partial charge is 0.306 e. The lowest BCUT2D eigenvalue weighted by atomic mass is 9.96. The zero-order valence-corrected chi connectivity index (χ0v) is 8.24. The number of unbranched alkanes of at least 4 members (excludes halogenated alkanes) is 1. The summed E-state index contributed by atoms with van der Waals surface area (Å²) in [4.78, 5) is 21.7. The monoisotopic (exact) mass is 202 g/mol. The number of hydrogen-bond donors (Lipinski definition) is 3. The second-order valence-electron chi connectivity index (χ2n) is 3.27. The molecule has 0 saturated heterocycles. The fraction of sp³-hybridized carbons (Fsp3) is 0.778. The second kappa shape index (κ2) is 7.46. The van der Waals surface area contributed by atoms with E-state index < -0.39 is 11.9 Å². The van der Waals surface area contributed by atoms with E-state index in [-0.39, 0.29) is 18.7 Å². The minimum atomic E-state index is -0.927. The first-order valence-electron chi connectivity index (χ1n) is 4.76. The molecule has 0 aliphatic carbocycles. The molecule has 1 unspecified atom stereocenters. The van der Waals surface area contributed by atoms with E-state index in [2.05, 4.69) is 0 Å². The molecule has 0 aliphatic heterocycles. The van der Waals surface area contributed by atoms with Gasteiger partial charge in [-0.25, -0.2) is 0 Å². The van der Waals surface area contributed by atoms with E-state index in [0.717, 1.165) is 12.8 Å². The highest BCUT2D eigenvalue weighted by Crippen LogP contribution is 2.13. The summed E-state index contributed by atoms with van der Waals surface area (Å²) in [7, 11) is 0. The van der Waals surface area contributed by atoms with E-state index >= 15 is 0 Å². The van der Waals surface area contributed by atoms with E-state index in [0.29, 0.717) is 13.0 Å². The summed E-state index contributed by atoms with van der Waals surface area (Å²) < 4.78 is 0. The maximum atomic E-state index is 10.9. The first kappa shape index (κ1) is 13.1. The Morgan fingerprint density at radius 2 is 1.86 bits per heavy atom. The molecule has 0 radical (unpaired) electrons. The van der Waals surface area contributed by atoms with Crippen LogP contribution in [0, 0.1) is 5.92 Å². The van der Waals surface area contributed by atoms with Crippen LogP contribution in [0.4, 0.5) is 0 Å². The fourth-order valence-corrected chi connectivity index (χ4v) is 1.21. The summed E-state index contributed by atoms with van der Waals surface area (Å²) in [6.45, 7) is 0.470. The molecule has 0 bridgehead atoms. The van der Waals surface area contributed by atoms with Crippen LogP contribution in [-0.2, 0) is 9.59 Å². The predicted octanol–water partition coefficient (Wildman–Crippen LogP) is -0.266. The average molecular weight is 202 g/mol. The van der Waals surface area contributed by atoms with Gasteiger partial charge in [0, 0.05) is 6.42 Å². The maximum absolute atomic E-state index is 10.9. The van der Waals surface area contributed by atoms with Crippen molar-refractivity contribution in [2.24, 2.45) is 17.4 Å². The van der Waals surface area contributed by atoms with Gasteiger partial charge in [0.2, 0.25) is 0 Å². The minimum absolute atomic E-state index is 0.0381. The Morgan fingerprint density at radius 3 is 2.29 bits per heavy atom. The molecule has 1 atom stereocenters. The van der Waals surface area contributed by atoms with Crippen molar-refractivity contribution in [1.82, 2.24) is 0 Å². The number of Topliss-reactive ketones (excluding diaryl/α,β-unsaturated/α-hetero) is 1. The highest BCUT2D eigenvalue weighted by Gasteiger charge is 2.19. The van der Waals surface area contributed by atoms with Gasteiger partial charge in [-0.15, -0.1) is 0 Å². The number of ketones is 1. The Bertz CT molecular complexity index is 194. The molecule has 0 aromatic carbocycles. The Labute approximate surface area is 83.5 Å². The molecule has 0 aromatic rings. The van der Waals surface area contributed by atoms with Crippen LogP contribution in [0.15, 0.2) is 0 Å². The van der Waals surface area contributed by atoms with Gasteiger partial charge in [-0.2, -0.15) is 0 Å². The summed E-state index contributed by atoms with van der Waals surface area (Å²) in [5, 5.41) is 8.79. The maximum Gasteiger partial charge on any atom is 0.306 e. The number of carbonyl (C=O) groups is 2. The molecule has 0 heterocycles. The molecular formula is C9H18N2O3. The molecule has 0 aliphatic rings. The van der Waals surface area contributed by atoms with Crippen LogP contribution in [0.3, 0.4) is 0 Å². The highest BCUT2D eigenvalue weighted by molar-refractivity contribution is 5.85. The zero-order chi connectivity index (χ0) is 11.0. The molecule has 0 spiro atoms. The van der Waals surface area contributed by atoms with Gasteiger partial charge < -0.3 is 16.6 Å². The predicted molar refractivity (Wildman–Crippen MR) is 52.7 cm³/mol. The summed E-state index contributed by atoms with van der Waals surface area (Å²) in [6, 6.07) is 0. The summed E-state index contributed by atoms with van der Waals surface area (Å²) >= 11 is 0. The summed E-state index contributed by atoms with van der Waals surface area (Å²) in [5.74, 6) is -1.73. The number of carboxylic acid groups (broad SMARTS) is 1. The van der Waals surface area contributed by atoms with E-state index in [1.165, 1.54) is 0 Å². The van der Waals surface area contributed by atoms with Gasteiger partial charge in [-0.3, -0.25) is 9.59 Å². The van der Waals surface area contributed by atoms with Crippen molar-refractivity contribution in [3.63, 3.8) is 0 Å². The van der Waals surface area contributed by atoms with Crippen molar-refractivity contribution in [3.05, 3.63) is 0 Å². The molecule has 0 saturated carbocycles. The van der Waals surface area contributed by atoms with Gasteiger partial charge in [0.1, 0.15) is 5.78 Å². The van der Waals surface area contributed by atoms with Gasteiger partial charge in [0.05, 0.1) is 12.5 Å². The highest BCUT2D eigenvalue weighted by atomic mass is 16.4. The van der Waals surface area contributed by atoms with Crippen molar-refractivity contribution in [1.29, 1.82) is 0 Å². The largest absolute Gasteiger partial charge is 0.481 e. The van der Waals surface area contributed by atoms with Gasteiger partial charge in [-0.05, 0) is 19.4 Å². The van der Waals surface area contributed by atoms with Crippen molar-refractivity contribution in [2.45, 2.75) is 25.7 Å². The SMILES string of the molecule is NCCCCC(CC(=O)CN)C(=O)O. The van der Waals surface area contributed by atoms with Crippen LogP contribution < -0.4 is 11.5 Å². The molecule has 82 valence electrons. The van der Waals surface area contributed by atoms with Crippen LogP contribution in [0.25, 0.3) is 0 Å². The normalized spacial score (nSPS) is 12.4. The van der Waals surface area contributed by atoms with Crippen LogP contribution in [0.5, 0.6) is 0 Å². The van der Waals surface area contributed by atoms with Crippen LogP contribution in [0.2, 0.25) is 0 Å². The van der Waals surface area contributed by atoms with E-state index in [1.807, 2.05) is 0 Å². The Kier molecular flexibility index (Phi) is 6.96. The molecular weight excluding hydrogens is 184 g/mol. The summed E-state index contributed by atoms with van der Waals surface area (Å²) in [6.07, 6.45) is 2.07. The molecule has 5 heteroatoms. The third kappa shape index (κ3) is 5.66. The van der Waals surface area contributed by atoms with Gasteiger partial charge >= 0.3 is 5.97 Å². The quantitative estimate of drug-likeness (QED) is 0.470. The van der Waals surface area contributed by atoms with Crippen molar-refractivity contribution in [3.8, 4) is 0 Å². The topological polar surface area (TPSA) is 106 Å². The zero-order valence-electron chi connectivity index (χ0n) is 8.24. The van der Waals surface area contributed by atoms with E-state index in [4.69, 9.17) is 16.6 Å². The molecule has 0 fully saturated rings. The Morgan fingerprint density at radius 1 is 1.21 bits per heavy atom. The molecule has 0 rings (SSSR count). The molecule has 14 heavy (non-hydrogen) atoms. The van der Waals surface area contributed by atoms with E-state index in [9.17, 15) is 9.59 Å². The Hall–Kier alpha value is -0.940. The fourth-order valence-electron chi connectivity index (χ4n) is 1.21. The molecule has 5 nitrogen and oxygen atoms in total. The lowest BCUT2D eigenvalue weighted by Gasteiger charge is -2.09. The van der Waals surface area contributed by atoms with Gasteiger partial charge in [0.25, 0.3) is 0 Å². The number of nitrogens with two attached hydrogens (primary N) is 2. The minimum Gasteiger partial charge on any atom is -0.481 e. The van der Waals surface area contributed by atoms with Crippen molar-refractivity contribution in [2.75, 3.05) is 13.1 Å². The molecule has 0 aromatic heterocycles. The number of aliphatic carboxylic acids is 1. The molecule has 0 amide bonds. The number of carbonyl (C=O) groups excluding carboxylic acids is 1. The lowest BCUT2D eigenvalue weighted by molar-refractivity contribution is -0.143. The van der Waals surface area contributed by atoms with E-state index in [1.54, 1.807) is 0 Å². The number of rotatable bonds is 8. The first-order chi connectivity index (χ1) is 6.61. The second-order valence-corrected chi connectivity index (χ2v) is 3.27. The average Bonchev–Trinajstić information content (AvgIpc) is 2.16. The van der Waals surface area contributed by atoms with Gasteiger partial charge in [-0.1, -0.05) is 6.42 Å². The first-order valence-corrected chi connectivity index (χ1v) is 4.76. The van der Waals surface area contributed by atoms with Crippen LogP contribution in [-0.4, -0.2) is 29.9 Å². The van der Waals surface area contributed by atoms with Crippen molar-refractivity contribution >= 4 is 11.8 Å². The van der Waals surface area contributed by atoms with Crippen molar-refractivity contribution < 1.29 is 14.7 Å². The number of carboxylic acids is 1. The lowest BCUT2D eigenvalue weighted by Crippen LogP contribution is -2.22. The van der Waals surface area contributed by atoms with Crippen LogP contribution in [0.1, 0.15) is 25.7 Å². The van der Waals surface area contributed by atoms with Crippen LogP contribution >= 0.6 is 0 Å². The Balaban J connectivity index is 3.90. The summed E-state index contributed by atoms with van der Waals surface area (Å²) in [5.41, 5.74) is 10.4. The number of hydrogen-bond acceptors (Lipinski definition) is 4. The molecule has 5 N–H and O–H groups in total. The third-order valence-corrected chi connectivity index (χ3v) is 2.06.